The lowest BCUT2D eigenvalue weighted by atomic mass is 9.99. The van der Waals surface area contributed by atoms with E-state index in [1.54, 1.807) is 0 Å². The number of rotatable bonds is 5. The SMILES string of the molecule is CC1=Cc2cc(-c3ccc(-c4nc5cc(C)ccc5n4C[C@@H]4CCN(C(=O)C5CC5)C4)cc3)ccc2C1. The van der Waals surface area contributed by atoms with Gasteiger partial charge in [-0.1, -0.05) is 54.1 Å². The molecule has 1 saturated heterocycles. The fourth-order valence-corrected chi connectivity index (χ4v) is 6.17. The summed E-state index contributed by atoms with van der Waals surface area (Å²) >= 11 is 0. The summed E-state index contributed by atoms with van der Waals surface area (Å²) in [5, 5.41) is 0. The Hall–Kier alpha value is -3.66. The summed E-state index contributed by atoms with van der Waals surface area (Å²) in [5.74, 6) is 2.16. The Morgan fingerprint density at radius 3 is 2.51 bits per heavy atom. The maximum absolute atomic E-state index is 12.6. The molecule has 2 fully saturated rings. The molecule has 4 nitrogen and oxygen atoms in total. The van der Waals surface area contributed by atoms with E-state index in [1.165, 1.54) is 38.9 Å². The maximum atomic E-state index is 12.6. The van der Waals surface area contributed by atoms with Gasteiger partial charge in [0.05, 0.1) is 11.0 Å². The summed E-state index contributed by atoms with van der Waals surface area (Å²) in [7, 11) is 0. The van der Waals surface area contributed by atoms with E-state index in [2.05, 4.69) is 90.1 Å². The summed E-state index contributed by atoms with van der Waals surface area (Å²) in [4.78, 5) is 19.8. The van der Waals surface area contributed by atoms with Gasteiger partial charge in [-0.25, -0.2) is 4.98 Å². The van der Waals surface area contributed by atoms with Crippen LogP contribution >= 0.6 is 0 Å². The molecular formula is C33H33N3O. The van der Waals surface area contributed by atoms with Crippen molar-refractivity contribution < 1.29 is 4.79 Å². The van der Waals surface area contributed by atoms with Crippen LogP contribution in [0.3, 0.4) is 0 Å². The van der Waals surface area contributed by atoms with Crippen molar-refractivity contribution >= 4 is 23.0 Å². The second-order valence-electron chi connectivity index (χ2n) is 11.4. The van der Waals surface area contributed by atoms with Crippen LogP contribution in [-0.2, 0) is 17.8 Å². The number of allylic oxidation sites excluding steroid dienone is 1. The molecule has 4 heteroatoms. The van der Waals surface area contributed by atoms with E-state index in [0.29, 0.717) is 17.7 Å². The molecule has 1 aliphatic heterocycles. The van der Waals surface area contributed by atoms with Crippen LogP contribution in [0.15, 0.2) is 66.2 Å². The number of carbonyl (C=O) groups excluding carboxylic acids is 1. The van der Waals surface area contributed by atoms with Crippen LogP contribution in [0.1, 0.15) is 42.9 Å². The standard InChI is InChI=1S/C33H33N3O/c1-21-3-12-31-30(17-21)34-32(36(31)20-23-13-14-35(19-23)33(37)26-8-9-26)25-6-4-24(5-7-25)28-11-10-27-15-22(2)16-29(27)18-28/h3-7,10-12,16-18,23,26H,8-9,13-15,19-20H2,1-2H3/t23-/m1/s1. The van der Waals surface area contributed by atoms with Crippen LogP contribution in [0.5, 0.6) is 0 Å². The molecule has 0 radical (unpaired) electrons. The quantitative estimate of drug-likeness (QED) is 0.307. The number of imidazole rings is 1. The van der Waals surface area contributed by atoms with Crippen LogP contribution in [0.4, 0.5) is 0 Å². The second-order valence-corrected chi connectivity index (χ2v) is 11.4. The predicted octanol–water partition coefficient (Wildman–Crippen LogP) is 6.90. The van der Waals surface area contributed by atoms with Crippen molar-refractivity contribution in [3.63, 3.8) is 0 Å². The first kappa shape index (κ1) is 22.5. The van der Waals surface area contributed by atoms with E-state index in [0.717, 1.165) is 62.2 Å². The number of aryl methyl sites for hydroxylation is 1. The van der Waals surface area contributed by atoms with Crippen LogP contribution in [0.2, 0.25) is 0 Å². The van der Waals surface area contributed by atoms with Gasteiger partial charge in [0.25, 0.3) is 0 Å². The Kier molecular flexibility index (Phi) is 5.31. The van der Waals surface area contributed by atoms with Gasteiger partial charge in [-0.3, -0.25) is 4.79 Å². The number of amides is 1. The molecule has 0 unspecified atom stereocenters. The monoisotopic (exact) mass is 487 g/mol. The Labute approximate surface area is 218 Å². The molecule has 1 amide bonds. The minimum atomic E-state index is 0.301. The summed E-state index contributed by atoms with van der Waals surface area (Å²) in [6.07, 6.45) is 6.59. The minimum Gasteiger partial charge on any atom is -0.342 e. The largest absolute Gasteiger partial charge is 0.342 e. The highest BCUT2D eigenvalue weighted by molar-refractivity contribution is 5.83. The molecule has 0 spiro atoms. The topological polar surface area (TPSA) is 38.1 Å². The average Bonchev–Trinajstić information content (AvgIpc) is 3.37. The van der Waals surface area contributed by atoms with Crippen molar-refractivity contribution in [2.75, 3.05) is 13.1 Å². The molecule has 0 N–H and O–H groups in total. The summed E-state index contributed by atoms with van der Waals surface area (Å²) in [6, 6.07) is 22.3. The van der Waals surface area contributed by atoms with Gasteiger partial charge in [-0.05, 0) is 91.5 Å². The Morgan fingerprint density at radius 2 is 1.70 bits per heavy atom. The maximum Gasteiger partial charge on any atom is 0.225 e. The van der Waals surface area contributed by atoms with Crippen molar-refractivity contribution in [3.05, 3.63) is 82.9 Å². The van der Waals surface area contributed by atoms with E-state index in [9.17, 15) is 4.79 Å². The molecule has 2 heterocycles. The molecule has 186 valence electrons. The summed E-state index contributed by atoms with van der Waals surface area (Å²) < 4.78 is 2.39. The molecular weight excluding hydrogens is 454 g/mol. The summed E-state index contributed by atoms with van der Waals surface area (Å²) in [6.45, 7) is 6.98. The number of benzene rings is 3. The van der Waals surface area contributed by atoms with Crippen molar-refractivity contribution in [2.24, 2.45) is 11.8 Å². The smallest absolute Gasteiger partial charge is 0.225 e. The highest BCUT2D eigenvalue weighted by atomic mass is 16.2. The molecule has 7 rings (SSSR count). The lowest BCUT2D eigenvalue weighted by molar-refractivity contribution is -0.131. The number of hydrogen-bond donors (Lipinski definition) is 0. The van der Waals surface area contributed by atoms with Crippen LogP contribution < -0.4 is 0 Å². The normalized spacial score (nSPS) is 18.9. The van der Waals surface area contributed by atoms with Gasteiger partial charge >= 0.3 is 0 Å². The van der Waals surface area contributed by atoms with Crippen molar-refractivity contribution in [1.82, 2.24) is 14.5 Å². The van der Waals surface area contributed by atoms with Gasteiger partial charge in [0.15, 0.2) is 0 Å². The molecule has 37 heavy (non-hydrogen) atoms. The molecule has 1 atom stereocenters. The van der Waals surface area contributed by atoms with Gasteiger partial charge < -0.3 is 9.47 Å². The van der Waals surface area contributed by atoms with E-state index in [-0.39, 0.29) is 0 Å². The Morgan fingerprint density at radius 1 is 0.919 bits per heavy atom. The molecule has 3 aromatic carbocycles. The average molecular weight is 488 g/mol. The zero-order valence-electron chi connectivity index (χ0n) is 21.7. The molecule has 4 aromatic rings. The predicted molar refractivity (Wildman–Crippen MR) is 150 cm³/mol. The number of nitrogens with zero attached hydrogens (tertiary/aromatic N) is 3. The van der Waals surface area contributed by atoms with Gasteiger partial charge in [0.1, 0.15) is 5.82 Å². The second kappa shape index (κ2) is 8.72. The highest BCUT2D eigenvalue weighted by Gasteiger charge is 2.36. The van der Waals surface area contributed by atoms with Gasteiger partial charge in [0, 0.05) is 31.1 Å². The minimum absolute atomic E-state index is 0.301. The molecule has 0 bridgehead atoms. The zero-order valence-corrected chi connectivity index (χ0v) is 21.7. The van der Waals surface area contributed by atoms with Crippen LogP contribution in [0.25, 0.3) is 39.6 Å². The van der Waals surface area contributed by atoms with Crippen molar-refractivity contribution in [1.29, 1.82) is 0 Å². The summed E-state index contributed by atoms with van der Waals surface area (Å²) in [5.41, 5.74) is 11.3. The van der Waals surface area contributed by atoms with Gasteiger partial charge in [-0.15, -0.1) is 0 Å². The molecule has 1 aromatic heterocycles. The van der Waals surface area contributed by atoms with E-state index in [4.69, 9.17) is 4.98 Å². The van der Waals surface area contributed by atoms with Gasteiger partial charge in [-0.2, -0.15) is 0 Å². The highest BCUT2D eigenvalue weighted by Crippen LogP contribution is 2.35. The van der Waals surface area contributed by atoms with Crippen molar-refractivity contribution in [3.8, 4) is 22.5 Å². The lowest BCUT2D eigenvalue weighted by Crippen LogP contribution is -2.30. The number of hydrogen-bond acceptors (Lipinski definition) is 2. The molecule has 2 aliphatic carbocycles. The first-order valence-electron chi connectivity index (χ1n) is 13.7. The fourth-order valence-electron chi connectivity index (χ4n) is 6.17. The fraction of sp³-hybridized carbons (Fsp3) is 0.333. The Bertz CT molecular complexity index is 1550. The first-order chi connectivity index (χ1) is 18.0. The number of fused-ring (bicyclic) bond motifs is 2. The number of carbonyl (C=O) groups is 1. The molecule has 3 aliphatic rings. The zero-order chi connectivity index (χ0) is 25.1. The van der Waals surface area contributed by atoms with E-state index in [1.807, 2.05) is 0 Å². The lowest BCUT2D eigenvalue weighted by Gasteiger charge is -2.18. The number of likely N-dealkylation sites (tertiary alicyclic amines) is 1. The van der Waals surface area contributed by atoms with Crippen LogP contribution in [-0.4, -0.2) is 33.4 Å². The van der Waals surface area contributed by atoms with Crippen LogP contribution in [0, 0.1) is 18.8 Å². The third-order valence-corrected chi connectivity index (χ3v) is 8.36. The van der Waals surface area contributed by atoms with Gasteiger partial charge in [0.2, 0.25) is 5.91 Å². The van der Waals surface area contributed by atoms with E-state index < -0.39 is 0 Å². The Balaban J connectivity index is 1.20. The first-order valence-corrected chi connectivity index (χ1v) is 13.7. The van der Waals surface area contributed by atoms with E-state index >= 15 is 0 Å². The van der Waals surface area contributed by atoms with Crippen molar-refractivity contribution in [2.45, 2.75) is 46.1 Å². The number of aromatic nitrogens is 2. The molecule has 1 saturated carbocycles. The third kappa shape index (κ3) is 4.19. The third-order valence-electron chi connectivity index (χ3n) is 8.36.